The summed E-state index contributed by atoms with van der Waals surface area (Å²) < 4.78 is 9.26. The van der Waals surface area contributed by atoms with Crippen molar-refractivity contribution in [2.45, 2.75) is 51.2 Å². The first-order chi connectivity index (χ1) is 17.8. The molecular formula is C27H31N5O4S. The maximum absolute atomic E-state index is 14.0. The van der Waals surface area contributed by atoms with Crippen LogP contribution in [-0.4, -0.2) is 40.1 Å². The molecule has 5 N–H and O–H groups in total. The van der Waals surface area contributed by atoms with Gasteiger partial charge in [-0.2, -0.15) is 4.37 Å². The first kappa shape index (κ1) is 26.2. The minimum atomic E-state index is -0.936. The Morgan fingerprint density at radius 2 is 1.76 bits per heavy atom. The number of aromatic nitrogens is 1. The quantitative estimate of drug-likeness (QED) is 0.393. The van der Waals surface area contributed by atoms with Crippen LogP contribution >= 0.6 is 11.5 Å². The van der Waals surface area contributed by atoms with Crippen LogP contribution in [0, 0.1) is 6.92 Å². The van der Waals surface area contributed by atoms with Crippen LogP contribution in [0.25, 0.3) is 0 Å². The molecule has 10 heteroatoms. The molecule has 1 fully saturated rings. The van der Waals surface area contributed by atoms with Gasteiger partial charge in [-0.05, 0) is 54.6 Å². The monoisotopic (exact) mass is 521 g/mol. The Morgan fingerprint density at radius 3 is 2.32 bits per heavy atom. The maximum atomic E-state index is 14.0. The van der Waals surface area contributed by atoms with E-state index in [9.17, 15) is 14.4 Å². The van der Waals surface area contributed by atoms with E-state index in [0.29, 0.717) is 11.3 Å². The number of nitrogens with two attached hydrogens (primary N) is 2. The van der Waals surface area contributed by atoms with Gasteiger partial charge in [-0.25, -0.2) is 0 Å². The van der Waals surface area contributed by atoms with Gasteiger partial charge in [-0.15, -0.1) is 0 Å². The molecule has 4 rings (SSSR count). The van der Waals surface area contributed by atoms with E-state index in [-0.39, 0.29) is 34.8 Å². The zero-order valence-corrected chi connectivity index (χ0v) is 21.7. The fourth-order valence-corrected chi connectivity index (χ4v) is 5.30. The molecule has 1 aliphatic rings. The number of hydrogen-bond donors (Lipinski definition) is 3. The first-order valence-corrected chi connectivity index (χ1v) is 12.9. The molecule has 0 radical (unpaired) electrons. The smallest absolute Gasteiger partial charge is 0.270 e. The fourth-order valence-electron chi connectivity index (χ4n) is 4.54. The number of anilines is 1. The van der Waals surface area contributed by atoms with Crippen LogP contribution in [0.3, 0.4) is 0 Å². The van der Waals surface area contributed by atoms with Crippen molar-refractivity contribution >= 4 is 34.9 Å². The first-order valence-electron chi connectivity index (χ1n) is 12.1. The van der Waals surface area contributed by atoms with Gasteiger partial charge in [0.25, 0.3) is 11.8 Å². The molecule has 0 saturated heterocycles. The third-order valence-corrected chi connectivity index (χ3v) is 7.43. The number of rotatable bonds is 9. The molecular weight excluding hydrogens is 490 g/mol. The van der Waals surface area contributed by atoms with Gasteiger partial charge in [-0.1, -0.05) is 54.8 Å². The Balaban J connectivity index is 1.78. The molecule has 1 aromatic heterocycles. The molecule has 1 atom stereocenters. The number of amides is 3. The summed E-state index contributed by atoms with van der Waals surface area (Å²) in [5, 5.41) is 3.15. The number of methoxy groups -OCH3 is 1. The van der Waals surface area contributed by atoms with E-state index in [2.05, 4.69) is 9.69 Å². The number of primary amides is 1. The Kier molecular flexibility index (Phi) is 8.08. The average Bonchev–Trinajstić information content (AvgIpc) is 3.54. The van der Waals surface area contributed by atoms with Crippen LogP contribution in [0.15, 0.2) is 48.5 Å². The molecule has 3 aromatic rings. The molecule has 0 spiro atoms. The minimum absolute atomic E-state index is 0.0630. The number of carbonyl (C=O) groups is 3. The van der Waals surface area contributed by atoms with Crippen LogP contribution in [0.5, 0.6) is 5.75 Å². The molecule has 1 heterocycles. The topological polar surface area (TPSA) is 141 Å². The van der Waals surface area contributed by atoms with Crippen molar-refractivity contribution in [2.75, 3.05) is 12.8 Å². The summed E-state index contributed by atoms with van der Waals surface area (Å²) in [5.41, 5.74) is 13.8. The van der Waals surface area contributed by atoms with Crippen LogP contribution in [0.1, 0.15) is 68.6 Å². The lowest BCUT2D eigenvalue weighted by atomic mass is 10.0. The Bertz CT molecular complexity index is 1270. The van der Waals surface area contributed by atoms with Gasteiger partial charge >= 0.3 is 0 Å². The van der Waals surface area contributed by atoms with E-state index in [4.69, 9.17) is 16.2 Å². The van der Waals surface area contributed by atoms with Crippen molar-refractivity contribution in [2.24, 2.45) is 5.73 Å². The molecule has 194 valence electrons. The predicted molar refractivity (Wildman–Crippen MR) is 142 cm³/mol. The van der Waals surface area contributed by atoms with Gasteiger partial charge in [0.15, 0.2) is 5.69 Å². The zero-order valence-electron chi connectivity index (χ0n) is 20.9. The number of carbonyl (C=O) groups excluding carboxylic acids is 3. The summed E-state index contributed by atoms with van der Waals surface area (Å²) >= 11 is 0.798. The normalized spacial score (nSPS) is 14.2. The van der Waals surface area contributed by atoms with Crippen LogP contribution in [0.2, 0.25) is 0 Å². The average molecular weight is 522 g/mol. The number of hydrogen-bond acceptors (Lipinski definition) is 7. The second-order valence-corrected chi connectivity index (χ2v) is 10.00. The summed E-state index contributed by atoms with van der Waals surface area (Å²) in [4.78, 5) is 41.1. The molecule has 1 unspecified atom stereocenters. The number of benzene rings is 2. The van der Waals surface area contributed by atoms with E-state index in [1.165, 1.54) is 4.90 Å². The third kappa shape index (κ3) is 5.91. The second kappa shape index (κ2) is 11.4. The van der Waals surface area contributed by atoms with Crippen molar-refractivity contribution in [3.8, 4) is 5.75 Å². The summed E-state index contributed by atoms with van der Waals surface area (Å²) in [6.45, 7) is 2.07. The molecule has 2 aromatic carbocycles. The number of nitrogen functional groups attached to an aromatic ring is 1. The molecule has 1 saturated carbocycles. The molecule has 0 aliphatic heterocycles. The van der Waals surface area contributed by atoms with Crippen molar-refractivity contribution < 1.29 is 19.1 Å². The van der Waals surface area contributed by atoms with Crippen LogP contribution < -0.4 is 21.5 Å². The van der Waals surface area contributed by atoms with Gasteiger partial charge in [-0.3, -0.25) is 14.4 Å². The lowest BCUT2D eigenvalue weighted by molar-refractivity contribution is -0.126. The highest BCUT2D eigenvalue weighted by Crippen LogP contribution is 2.31. The number of aryl methyl sites for hydroxylation is 1. The standard InChI is InChI=1S/C27H31N5O4S/c1-16-7-11-18(12-8-16)23(26(34)30-19-5-3-4-6-19)32(15-17-9-13-20(36-2)14-10-17)27(35)24-21(28)22(25(29)33)31-37-24/h7-14,19,23H,3-6,15,28H2,1-2H3,(H2,29,33)(H,30,34). The SMILES string of the molecule is COc1ccc(CN(C(=O)c2snc(C(N)=O)c2N)C(C(=O)NC2CCCC2)c2ccc(C)cc2)cc1. The van der Waals surface area contributed by atoms with Crippen molar-refractivity contribution in [3.05, 3.63) is 75.8 Å². The van der Waals surface area contributed by atoms with Gasteiger partial charge in [0.2, 0.25) is 5.91 Å². The number of nitrogens with zero attached hydrogens (tertiary/aromatic N) is 2. The summed E-state index contributed by atoms with van der Waals surface area (Å²) in [5.74, 6) is -0.918. The van der Waals surface area contributed by atoms with Crippen molar-refractivity contribution in [1.82, 2.24) is 14.6 Å². The highest BCUT2D eigenvalue weighted by atomic mass is 32.1. The van der Waals surface area contributed by atoms with Crippen LogP contribution in [0.4, 0.5) is 5.69 Å². The highest BCUT2D eigenvalue weighted by molar-refractivity contribution is 7.09. The summed E-state index contributed by atoms with van der Waals surface area (Å²) in [6.07, 6.45) is 3.93. The highest BCUT2D eigenvalue weighted by Gasteiger charge is 2.36. The molecule has 1 aliphatic carbocycles. The summed E-state index contributed by atoms with van der Waals surface area (Å²) in [6, 6.07) is 13.9. The lowest BCUT2D eigenvalue weighted by Crippen LogP contribution is -2.45. The predicted octanol–water partition coefficient (Wildman–Crippen LogP) is 3.58. The maximum Gasteiger partial charge on any atom is 0.270 e. The molecule has 37 heavy (non-hydrogen) atoms. The largest absolute Gasteiger partial charge is 0.497 e. The van der Waals surface area contributed by atoms with E-state index in [1.807, 2.05) is 43.3 Å². The van der Waals surface area contributed by atoms with Crippen molar-refractivity contribution in [1.29, 1.82) is 0 Å². The molecule has 0 bridgehead atoms. The van der Waals surface area contributed by atoms with E-state index >= 15 is 0 Å². The third-order valence-electron chi connectivity index (χ3n) is 6.58. The zero-order chi connectivity index (χ0) is 26.5. The van der Waals surface area contributed by atoms with Gasteiger partial charge in [0, 0.05) is 12.6 Å². The minimum Gasteiger partial charge on any atom is -0.497 e. The van der Waals surface area contributed by atoms with E-state index < -0.39 is 17.9 Å². The van der Waals surface area contributed by atoms with Gasteiger partial charge < -0.3 is 26.4 Å². The van der Waals surface area contributed by atoms with E-state index in [0.717, 1.165) is 48.3 Å². The summed E-state index contributed by atoms with van der Waals surface area (Å²) in [7, 11) is 1.58. The van der Waals surface area contributed by atoms with Gasteiger partial charge in [0.1, 0.15) is 16.7 Å². The molecule has 9 nitrogen and oxygen atoms in total. The Labute approximate surface area is 220 Å². The fraction of sp³-hybridized carbons (Fsp3) is 0.333. The second-order valence-electron chi connectivity index (χ2n) is 9.22. The van der Waals surface area contributed by atoms with E-state index in [1.54, 1.807) is 19.2 Å². The Hall–Kier alpha value is -3.92. The Morgan fingerprint density at radius 1 is 1.11 bits per heavy atom. The number of nitrogens with one attached hydrogen (secondary N) is 1. The van der Waals surface area contributed by atoms with Crippen LogP contribution in [-0.2, 0) is 11.3 Å². The number of ether oxygens (including phenoxy) is 1. The van der Waals surface area contributed by atoms with Gasteiger partial charge in [0.05, 0.1) is 12.8 Å². The lowest BCUT2D eigenvalue weighted by Gasteiger charge is -2.32. The molecule has 3 amide bonds. The van der Waals surface area contributed by atoms with Crippen molar-refractivity contribution in [3.63, 3.8) is 0 Å².